The molecule has 2 aromatic carbocycles. The van der Waals surface area contributed by atoms with Gasteiger partial charge in [0.25, 0.3) is 0 Å². The van der Waals surface area contributed by atoms with Gasteiger partial charge in [0.2, 0.25) is 0 Å². The van der Waals surface area contributed by atoms with Crippen LogP contribution in [-0.2, 0) is 21.2 Å². The Morgan fingerprint density at radius 3 is 2.25 bits per heavy atom. The molecule has 0 radical (unpaired) electrons. The molecule has 6 heteroatoms. The molecule has 0 saturated carbocycles. The maximum Gasteiger partial charge on any atom is 0.180 e. The van der Waals surface area contributed by atoms with Crippen molar-refractivity contribution >= 4 is 33.0 Å². The van der Waals surface area contributed by atoms with Gasteiger partial charge in [-0.2, -0.15) is 0 Å². The lowest BCUT2D eigenvalue weighted by atomic mass is 10.00. The summed E-state index contributed by atoms with van der Waals surface area (Å²) in [5.41, 5.74) is 2.51. The Hall–Kier alpha value is -1.07. The van der Waals surface area contributed by atoms with Crippen LogP contribution in [0.4, 0.5) is 0 Å². The first-order chi connectivity index (χ1) is 11.2. The van der Waals surface area contributed by atoms with Crippen LogP contribution in [0.3, 0.4) is 0 Å². The van der Waals surface area contributed by atoms with E-state index >= 15 is 0 Å². The number of ether oxygens (including phenoxy) is 1. The van der Waals surface area contributed by atoms with Crippen molar-refractivity contribution in [2.45, 2.75) is 25.3 Å². The first-order valence-corrected chi connectivity index (χ1v) is 9.95. The van der Waals surface area contributed by atoms with Crippen LogP contribution in [0.25, 0.3) is 11.1 Å². The molecule has 0 aliphatic carbocycles. The van der Waals surface area contributed by atoms with Crippen molar-refractivity contribution in [2.75, 3.05) is 12.9 Å². The monoisotopic (exact) mass is 386 g/mol. The lowest BCUT2D eigenvalue weighted by molar-refractivity contribution is 0.185. The molecule has 0 aliphatic heterocycles. The molecule has 0 unspecified atom stereocenters. The van der Waals surface area contributed by atoms with E-state index in [0.29, 0.717) is 11.6 Å². The molecule has 2 aromatic rings. The number of benzene rings is 2. The molecule has 0 saturated heterocycles. The summed E-state index contributed by atoms with van der Waals surface area (Å²) in [7, 11) is -1.87. The smallest absolute Gasteiger partial charge is 0.180 e. The summed E-state index contributed by atoms with van der Waals surface area (Å²) < 4.78 is 30.4. The second kappa shape index (κ2) is 7.87. The van der Waals surface area contributed by atoms with Crippen LogP contribution in [-0.4, -0.2) is 21.3 Å². The minimum absolute atomic E-state index is 0.0212. The Bertz CT molecular complexity index is 813. The Balaban J connectivity index is 2.59. The van der Waals surface area contributed by atoms with Gasteiger partial charge in [-0.15, -0.1) is 0 Å². The van der Waals surface area contributed by atoms with E-state index in [9.17, 15) is 8.42 Å². The third-order valence-electron chi connectivity index (χ3n) is 3.50. The molecule has 0 spiro atoms. The van der Waals surface area contributed by atoms with Gasteiger partial charge in [-0.1, -0.05) is 49.2 Å². The Morgan fingerprint density at radius 2 is 1.71 bits per heavy atom. The van der Waals surface area contributed by atoms with Gasteiger partial charge in [0, 0.05) is 12.1 Å². The Kier molecular flexibility index (Phi) is 6.32. The van der Waals surface area contributed by atoms with Crippen molar-refractivity contribution in [2.24, 2.45) is 5.92 Å². The lowest BCUT2D eigenvalue weighted by Crippen LogP contribution is -2.13. The SMILES string of the molecule is COCc1cc(S(=O)(=O)CC(C)C)c(Cl)cc1-c1ccc(Cl)cc1. The molecule has 24 heavy (non-hydrogen) atoms. The lowest BCUT2D eigenvalue weighted by Gasteiger charge is -2.15. The molecule has 0 amide bonds. The maximum atomic E-state index is 12.6. The summed E-state index contributed by atoms with van der Waals surface area (Å²) in [5, 5.41) is 0.856. The van der Waals surface area contributed by atoms with Crippen molar-refractivity contribution in [1.82, 2.24) is 0 Å². The van der Waals surface area contributed by atoms with E-state index in [0.717, 1.165) is 16.7 Å². The van der Waals surface area contributed by atoms with Gasteiger partial charge in [0.05, 0.1) is 22.3 Å². The van der Waals surface area contributed by atoms with Crippen LogP contribution >= 0.6 is 23.2 Å². The Labute approximate surface area is 153 Å². The normalized spacial score (nSPS) is 11.9. The highest BCUT2D eigenvalue weighted by Crippen LogP contribution is 2.34. The first kappa shape index (κ1) is 19.3. The fourth-order valence-electron chi connectivity index (χ4n) is 2.54. The molecule has 3 nitrogen and oxygen atoms in total. The topological polar surface area (TPSA) is 43.4 Å². The van der Waals surface area contributed by atoms with Crippen molar-refractivity contribution in [1.29, 1.82) is 0 Å². The van der Waals surface area contributed by atoms with Crippen LogP contribution in [0.5, 0.6) is 0 Å². The average molecular weight is 387 g/mol. The minimum Gasteiger partial charge on any atom is -0.380 e. The van der Waals surface area contributed by atoms with Crippen LogP contribution in [0.1, 0.15) is 19.4 Å². The molecule has 0 N–H and O–H groups in total. The van der Waals surface area contributed by atoms with Crippen LogP contribution in [0.2, 0.25) is 10.0 Å². The molecule has 0 heterocycles. The van der Waals surface area contributed by atoms with E-state index in [-0.39, 0.29) is 21.6 Å². The number of methoxy groups -OCH3 is 1. The zero-order valence-electron chi connectivity index (χ0n) is 13.8. The fourth-order valence-corrected chi connectivity index (χ4v) is 4.91. The summed E-state index contributed by atoms with van der Waals surface area (Å²) in [6.45, 7) is 4.02. The number of hydrogen-bond donors (Lipinski definition) is 0. The quantitative estimate of drug-likeness (QED) is 0.681. The summed E-state index contributed by atoms with van der Waals surface area (Å²) in [4.78, 5) is 0.155. The van der Waals surface area contributed by atoms with Crippen LogP contribution in [0.15, 0.2) is 41.3 Å². The van der Waals surface area contributed by atoms with Crippen molar-refractivity contribution < 1.29 is 13.2 Å². The van der Waals surface area contributed by atoms with Gasteiger partial charge in [0.15, 0.2) is 9.84 Å². The summed E-state index contributed by atoms with van der Waals surface area (Å²) in [6.07, 6.45) is 0. The number of sulfone groups is 1. The van der Waals surface area contributed by atoms with Gasteiger partial charge < -0.3 is 4.74 Å². The Morgan fingerprint density at radius 1 is 1.08 bits per heavy atom. The van der Waals surface area contributed by atoms with E-state index in [1.165, 1.54) is 0 Å². The van der Waals surface area contributed by atoms with Gasteiger partial charge in [-0.3, -0.25) is 0 Å². The third kappa shape index (κ3) is 4.51. The largest absolute Gasteiger partial charge is 0.380 e. The summed E-state index contributed by atoms with van der Waals surface area (Å²) in [5.74, 6) is 0.0762. The number of hydrogen-bond acceptors (Lipinski definition) is 3. The standard InChI is InChI=1S/C18H20Cl2O3S/c1-12(2)11-24(21,22)18-8-14(10-23-3)16(9-17(18)20)13-4-6-15(19)7-5-13/h4-9,12H,10-11H2,1-3H3. The van der Waals surface area contributed by atoms with E-state index in [1.54, 1.807) is 31.4 Å². The number of rotatable bonds is 6. The zero-order valence-corrected chi connectivity index (χ0v) is 16.2. The van der Waals surface area contributed by atoms with Gasteiger partial charge in [-0.05, 0) is 46.9 Å². The van der Waals surface area contributed by atoms with Crippen molar-refractivity contribution in [3.63, 3.8) is 0 Å². The first-order valence-electron chi connectivity index (χ1n) is 7.54. The van der Waals surface area contributed by atoms with Gasteiger partial charge >= 0.3 is 0 Å². The summed E-state index contributed by atoms with van der Waals surface area (Å²) >= 11 is 12.2. The highest BCUT2D eigenvalue weighted by molar-refractivity contribution is 7.91. The second-order valence-corrected chi connectivity index (χ2v) is 8.90. The van der Waals surface area contributed by atoms with E-state index in [1.807, 2.05) is 26.0 Å². The maximum absolute atomic E-state index is 12.6. The van der Waals surface area contributed by atoms with Crippen molar-refractivity contribution in [3.8, 4) is 11.1 Å². The summed E-state index contributed by atoms with van der Waals surface area (Å²) in [6, 6.07) is 10.6. The molecule has 130 valence electrons. The second-order valence-electron chi connectivity index (χ2n) is 6.05. The fraction of sp³-hybridized carbons (Fsp3) is 0.333. The average Bonchev–Trinajstić information content (AvgIpc) is 2.48. The number of halogens is 2. The molecule has 0 atom stereocenters. The van der Waals surface area contributed by atoms with Gasteiger partial charge in [-0.25, -0.2) is 8.42 Å². The van der Waals surface area contributed by atoms with Crippen LogP contribution < -0.4 is 0 Å². The van der Waals surface area contributed by atoms with E-state index in [2.05, 4.69) is 0 Å². The predicted molar refractivity (Wildman–Crippen MR) is 99.5 cm³/mol. The molecular formula is C18H20Cl2O3S. The predicted octanol–water partition coefficient (Wildman–Crippen LogP) is 5.24. The highest BCUT2D eigenvalue weighted by Gasteiger charge is 2.22. The van der Waals surface area contributed by atoms with E-state index in [4.69, 9.17) is 27.9 Å². The molecular weight excluding hydrogens is 367 g/mol. The van der Waals surface area contributed by atoms with Gasteiger partial charge in [0.1, 0.15) is 0 Å². The molecule has 0 aliphatic rings. The molecule has 0 fully saturated rings. The van der Waals surface area contributed by atoms with Crippen molar-refractivity contribution in [3.05, 3.63) is 52.0 Å². The van der Waals surface area contributed by atoms with E-state index < -0.39 is 9.84 Å². The molecule has 0 bridgehead atoms. The third-order valence-corrected chi connectivity index (χ3v) is 6.29. The zero-order chi connectivity index (χ0) is 17.9. The minimum atomic E-state index is -3.45. The molecule has 0 aromatic heterocycles. The molecule has 2 rings (SSSR count). The highest BCUT2D eigenvalue weighted by atomic mass is 35.5. The van der Waals surface area contributed by atoms with Crippen LogP contribution in [0, 0.1) is 5.92 Å².